The van der Waals surface area contributed by atoms with Crippen LogP contribution in [0.3, 0.4) is 0 Å². The molecule has 0 amide bonds. The molecule has 0 saturated carbocycles. The van der Waals surface area contributed by atoms with Gasteiger partial charge in [0.25, 0.3) is 0 Å². The molecule has 0 bridgehead atoms. The number of rotatable bonds is 2. The molecule has 0 aliphatic heterocycles. The lowest BCUT2D eigenvalue weighted by Gasteiger charge is -2.29. The Morgan fingerprint density at radius 2 is 1.65 bits per heavy atom. The zero-order valence-electron chi connectivity index (χ0n) is 11.0. The molecule has 0 spiro atoms. The van der Waals surface area contributed by atoms with Crippen LogP contribution in [0.15, 0.2) is 30.3 Å². The second kappa shape index (κ2) is 5.32. The third-order valence-electron chi connectivity index (χ3n) is 3.33. The average Bonchev–Trinajstić information content (AvgIpc) is 2.36. The van der Waals surface area contributed by atoms with E-state index in [2.05, 4.69) is 0 Å². The van der Waals surface area contributed by atoms with Gasteiger partial charge in [-0.15, -0.1) is 0 Å². The first kappa shape index (κ1) is 15.2. The van der Waals surface area contributed by atoms with Gasteiger partial charge in [0.2, 0.25) is 0 Å². The molecule has 1 nitrogen and oxygen atoms in total. The minimum absolute atomic E-state index is 0.0782. The van der Waals surface area contributed by atoms with Crippen molar-refractivity contribution in [3.8, 4) is 0 Å². The minimum Gasteiger partial charge on any atom is -0.318 e. The van der Waals surface area contributed by atoms with Crippen LogP contribution in [-0.4, -0.2) is 0 Å². The van der Waals surface area contributed by atoms with E-state index >= 15 is 0 Å². The lowest BCUT2D eigenvalue weighted by molar-refractivity contribution is 0.567. The summed E-state index contributed by atoms with van der Waals surface area (Å²) >= 11 is 11.8. The van der Waals surface area contributed by atoms with E-state index < -0.39 is 17.2 Å². The monoisotopic (exact) mass is 315 g/mol. The van der Waals surface area contributed by atoms with Crippen LogP contribution < -0.4 is 5.73 Å². The van der Waals surface area contributed by atoms with Gasteiger partial charge in [0, 0.05) is 5.02 Å². The Hall–Kier alpha value is -1.16. The van der Waals surface area contributed by atoms with Crippen LogP contribution in [0.4, 0.5) is 8.78 Å². The lowest BCUT2D eigenvalue weighted by Crippen LogP contribution is -2.35. The van der Waals surface area contributed by atoms with Gasteiger partial charge in [-0.2, -0.15) is 0 Å². The highest BCUT2D eigenvalue weighted by molar-refractivity contribution is 6.35. The molecule has 20 heavy (non-hydrogen) atoms. The van der Waals surface area contributed by atoms with Crippen molar-refractivity contribution in [2.75, 3.05) is 0 Å². The van der Waals surface area contributed by atoms with Crippen LogP contribution >= 0.6 is 23.2 Å². The van der Waals surface area contributed by atoms with Gasteiger partial charge in [-0.25, -0.2) is 8.78 Å². The Kier molecular flexibility index (Phi) is 4.05. The average molecular weight is 316 g/mol. The van der Waals surface area contributed by atoms with Gasteiger partial charge in [-0.1, -0.05) is 29.3 Å². The summed E-state index contributed by atoms with van der Waals surface area (Å²) in [6.07, 6.45) is 0. The maximum Gasteiger partial charge on any atom is 0.142 e. The highest BCUT2D eigenvalue weighted by Gasteiger charge is 2.29. The smallest absolute Gasteiger partial charge is 0.142 e. The van der Waals surface area contributed by atoms with Crippen molar-refractivity contribution < 1.29 is 8.78 Å². The molecule has 0 aliphatic carbocycles. The molecule has 5 heteroatoms. The van der Waals surface area contributed by atoms with Crippen LogP contribution in [0, 0.1) is 18.6 Å². The lowest BCUT2D eigenvalue weighted by atomic mass is 9.83. The second-order valence-electron chi connectivity index (χ2n) is 4.91. The molecule has 0 aromatic heterocycles. The van der Waals surface area contributed by atoms with E-state index in [0.717, 1.165) is 5.56 Å². The van der Waals surface area contributed by atoms with Gasteiger partial charge < -0.3 is 5.73 Å². The molecule has 2 N–H and O–H groups in total. The summed E-state index contributed by atoms with van der Waals surface area (Å²) in [5.41, 5.74) is 6.85. The van der Waals surface area contributed by atoms with Gasteiger partial charge in [0.1, 0.15) is 11.6 Å². The number of hydrogen-bond donors (Lipinski definition) is 1. The molecule has 0 radical (unpaired) electrons. The molecule has 2 rings (SSSR count). The van der Waals surface area contributed by atoms with Crippen LogP contribution in [0.25, 0.3) is 0 Å². The van der Waals surface area contributed by atoms with E-state index in [4.69, 9.17) is 28.9 Å². The molecule has 0 heterocycles. The van der Waals surface area contributed by atoms with Crippen molar-refractivity contribution in [3.05, 3.63) is 68.7 Å². The molecular formula is C15H13Cl2F2N. The quantitative estimate of drug-likeness (QED) is 0.791. The fourth-order valence-electron chi connectivity index (χ4n) is 2.22. The molecule has 2 aromatic carbocycles. The van der Waals surface area contributed by atoms with Gasteiger partial charge in [-0.3, -0.25) is 0 Å². The Bertz CT molecular complexity index is 669. The Labute approximate surface area is 126 Å². The Morgan fingerprint density at radius 3 is 2.30 bits per heavy atom. The first-order chi connectivity index (χ1) is 9.23. The molecule has 2 aromatic rings. The van der Waals surface area contributed by atoms with E-state index in [9.17, 15) is 8.78 Å². The number of hydrogen-bond acceptors (Lipinski definition) is 1. The predicted octanol–water partition coefficient (Wildman–Crippen LogP) is 4.80. The van der Waals surface area contributed by atoms with Crippen molar-refractivity contribution in [3.63, 3.8) is 0 Å². The molecule has 0 fully saturated rings. The molecule has 0 saturated heterocycles. The highest BCUT2D eigenvalue weighted by atomic mass is 35.5. The summed E-state index contributed by atoms with van der Waals surface area (Å²) in [7, 11) is 0. The van der Waals surface area contributed by atoms with Gasteiger partial charge in [-0.05, 0) is 54.8 Å². The fourth-order valence-corrected chi connectivity index (χ4v) is 2.80. The first-order valence-electron chi connectivity index (χ1n) is 5.94. The second-order valence-corrected chi connectivity index (χ2v) is 5.72. The summed E-state index contributed by atoms with van der Waals surface area (Å²) in [5.74, 6) is -1.02. The van der Waals surface area contributed by atoms with Crippen LogP contribution in [-0.2, 0) is 5.54 Å². The zero-order valence-corrected chi connectivity index (χ0v) is 12.5. The summed E-state index contributed by atoms with van der Waals surface area (Å²) in [6, 6.07) is 6.79. The predicted molar refractivity (Wildman–Crippen MR) is 78.2 cm³/mol. The van der Waals surface area contributed by atoms with E-state index in [-0.39, 0.29) is 10.0 Å². The summed E-state index contributed by atoms with van der Waals surface area (Å²) in [6.45, 7) is 3.46. The van der Waals surface area contributed by atoms with Crippen molar-refractivity contribution in [2.24, 2.45) is 5.73 Å². The Balaban J connectivity index is 2.66. The maximum atomic E-state index is 13.7. The summed E-state index contributed by atoms with van der Waals surface area (Å²) in [4.78, 5) is 0. The molecule has 0 aliphatic rings. The molecule has 1 atom stereocenters. The first-order valence-corrected chi connectivity index (χ1v) is 6.69. The number of nitrogens with two attached hydrogens (primary N) is 1. The molecular weight excluding hydrogens is 303 g/mol. The third kappa shape index (κ3) is 2.66. The molecule has 1 unspecified atom stereocenters. The number of benzene rings is 2. The molecule has 106 valence electrons. The number of halogens is 4. The fraction of sp³-hybridized carbons (Fsp3) is 0.200. The largest absolute Gasteiger partial charge is 0.318 e. The van der Waals surface area contributed by atoms with Crippen LogP contribution in [0.1, 0.15) is 23.6 Å². The van der Waals surface area contributed by atoms with Crippen molar-refractivity contribution in [2.45, 2.75) is 19.4 Å². The van der Waals surface area contributed by atoms with Gasteiger partial charge in [0.15, 0.2) is 0 Å². The zero-order chi connectivity index (χ0) is 15.1. The highest BCUT2D eigenvalue weighted by Crippen LogP contribution is 2.36. The minimum atomic E-state index is -1.13. The standard InChI is InChI=1S/C15H13Cl2F2N/c1-8-3-4-9(18)5-10(8)15(2,20)11-6-14(19)13(17)7-12(11)16/h3-7H,20H2,1-2H3. The summed E-state index contributed by atoms with van der Waals surface area (Å²) in [5, 5.41) is 0.163. The van der Waals surface area contributed by atoms with E-state index in [1.165, 1.54) is 24.3 Å². The van der Waals surface area contributed by atoms with Gasteiger partial charge >= 0.3 is 0 Å². The van der Waals surface area contributed by atoms with Crippen LogP contribution in [0.2, 0.25) is 10.0 Å². The van der Waals surface area contributed by atoms with E-state index in [1.54, 1.807) is 19.9 Å². The summed E-state index contributed by atoms with van der Waals surface area (Å²) < 4.78 is 27.1. The SMILES string of the molecule is Cc1ccc(F)cc1C(C)(N)c1cc(F)c(Cl)cc1Cl. The third-order valence-corrected chi connectivity index (χ3v) is 3.93. The topological polar surface area (TPSA) is 26.0 Å². The number of aryl methyl sites for hydroxylation is 1. The van der Waals surface area contributed by atoms with Crippen molar-refractivity contribution >= 4 is 23.2 Å². The van der Waals surface area contributed by atoms with Gasteiger partial charge in [0.05, 0.1) is 10.6 Å². The van der Waals surface area contributed by atoms with Crippen molar-refractivity contribution in [1.82, 2.24) is 0 Å². The van der Waals surface area contributed by atoms with E-state index in [0.29, 0.717) is 11.1 Å². The Morgan fingerprint density at radius 1 is 1.00 bits per heavy atom. The van der Waals surface area contributed by atoms with Crippen molar-refractivity contribution in [1.29, 1.82) is 0 Å². The van der Waals surface area contributed by atoms with E-state index in [1.807, 2.05) is 0 Å². The van der Waals surface area contributed by atoms with Crippen LogP contribution in [0.5, 0.6) is 0 Å². The normalized spacial score (nSPS) is 14.2. The maximum absolute atomic E-state index is 13.7.